The molecule has 1 rings (SSSR count). The quantitative estimate of drug-likeness (QED) is 0.332. The number of amides is 2. The van der Waals surface area contributed by atoms with Gasteiger partial charge < -0.3 is 20.2 Å². The van der Waals surface area contributed by atoms with Gasteiger partial charge in [0.2, 0.25) is 5.12 Å². The molecule has 0 saturated carbocycles. The summed E-state index contributed by atoms with van der Waals surface area (Å²) >= 11 is 1.18. The zero-order chi connectivity index (χ0) is 17.4. The topological polar surface area (TPSA) is 89.9 Å². The van der Waals surface area contributed by atoms with Crippen molar-refractivity contribution in [3.05, 3.63) is 12.2 Å². The first kappa shape index (κ1) is 19.7. The molecule has 0 aromatic heterocycles. The number of rotatable bonds is 9. The molecule has 1 fully saturated rings. The van der Waals surface area contributed by atoms with Crippen LogP contribution in [0.5, 0.6) is 0 Å². The lowest BCUT2D eigenvalue weighted by molar-refractivity contribution is -0.156. The van der Waals surface area contributed by atoms with Gasteiger partial charge in [0.1, 0.15) is 0 Å². The molecule has 1 heterocycles. The molecule has 0 radical (unpaired) electrons. The van der Waals surface area contributed by atoms with Crippen LogP contribution in [0.2, 0.25) is 0 Å². The molecule has 1 aliphatic rings. The largest absolute Gasteiger partial charge is 0.390 e. The summed E-state index contributed by atoms with van der Waals surface area (Å²) in [6.07, 6.45) is -0.748. The summed E-state index contributed by atoms with van der Waals surface area (Å²) < 4.78 is 0. The van der Waals surface area contributed by atoms with Crippen molar-refractivity contribution in [2.75, 3.05) is 45.0 Å². The Labute approximate surface area is 141 Å². The second kappa shape index (κ2) is 9.69. The lowest BCUT2D eigenvalue weighted by Crippen LogP contribution is -2.56. The Kier molecular flexibility index (Phi) is 8.29. The molecule has 23 heavy (non-hydrogen) atoms. The van der Waals surface area contributed by atoms with Crippen molar-refractivity contribution < 1.29 is 19.5 Å². The lowest BCUT2D eigenvalue weighted by Gasteiger charge is -2.34. The lowest BCUT2D eigenvalue weighted by atomic mass is 10.2. The minimum atomic E-state index is -0.748. The highest BCUT2D eigenvalue weighted by atomic mass is 32.2. The molecule has 7 nitrogen and oxygen atoms in total. The van der Waals surface area contributed by atoms with Crippen molar-refractivity contribution >= 4 is 28.7 Å². The molecule has 0 aromatic carbocycles. The van der Waals surface area contributed by atoms with Crippen molar-refractivity contribution in [3.63, 3.8) is 0 Å². The fourth-order valence-corrected chi connectivity index (χ4v) is 2.80. The summed E-state index contributed by atoms with van der Waals surface area (Å²) in [7, 11) is 0. The second-order valence-electron chi connectivity index (χ2n) is 5.41. The third-order valence-electron chi connectivity index (χ3n) is 3.45. The van der Waals surface area contributed by atoms with Gasteiger partial charge in [-0.05, 0) is 19.4 Å². The predicted molar refractivity (Wildman–Crippen MR) is 90.0 cm³/mol. The first-order chi connectivity index (χ1) is 10.9. The van der Waals surface area contributed by atoms with Gasteiger partial charge in [0, 0.05) is 45.0 Å². The van der Waals surface area contributed by atoms with Crippen LogP contribution in [0.3, 0.4) is 0 Å². The maximum Gasteiger partial charge on any atom is 0.312 e. The number of carbonyl (C=O) groups is 3. The summed E-state index contributed by atoms with van der Waals surface area (Å²) in [5, 5.41) is 12.9. The van der Waals surface area contributed by atoms with Crippen LogP contribution in [-0.2, 0) is 14.4 Å². The van der Waals surface area contributed by atoms with Gasteiger partial charge in [0.15, 0.2) is 0 Å². The Morgan fingerprint density at radius 3 is 2.57 bits per heavy atom. The summed E-state index contributed by atoms with van der Waals surface area (Å²) in [5.74, 6) is -0.473. The molecule has 0 aromatic rings. The van der Waals surface area contributed by atoms with Crippen molar-refractivity contribution in [1.29, 1.82) is 0 Å². The number of likely N-dealkylation sites (N-methyl/N-ethyl adjacent to an activating group) is 1. The number of nitrogens with zero attached hydrogens (tertiary/aromatic N) is 2. The van der Waals surface area contributed by atoms with Gasteiger partial charge >= 0.3 is 11.8 Å². The Morgan fingerprint density at radius 2 is 1.96 bits per heavy atom. The molecule has 130 valence electrons. The molecule has 0 spiro atoms. The normalized spacial score (nSPS) is 16.7. The first-order valence-corrected chi connectivity index (χ1v) is 8.65. The van der Waals surface area contributed by atoms with Crippen LogP contribution in [0.1, 0.15) is 13.8 Å². The molecular formula is C15H25N3O4S. The zero-order valence-corrected chi connectivity index (χ0v) is 14.5. The van der Waals surface area contributed by atoms with Crippen LogP contribution >= 0.6 is 11.8 Å². The molecule has 2 amide bonds. The highest BCUT2D eigenvalue weighted by Crippen LogP contribution is 2.07. The van der Waals surface area contributed by atoms with E-state index in [0.29, 0.717) is 44.0 Å². The molecule has 0 aliphatic carbocycles. The number of nitrogens with one attached hydrogen (secondary N) is 1. The van der Waals surface area contributed by atoms with Crippen molar-refractivity contribution in [3.8, 4) is 0 Å². The van der Waals surface area contributed by atoms with Crippen LogP contribution in [0.15, 0.2) is 12.2 Å². The van der Waals surface area contributed by atoms with E-state index in [1.54, 1.807) is 6.92 Å². The molecule has 1 saturated heterocycles. The molecule has 8 heteroatoms. The number of hydrogen-bond acceptors (Lipinski definition) is 6. The molecular weight excluding hydrogens is 318 g/mol. The van der Waals surface area contributed by atoms with E-state index >= 15 is 0 Å². The second-order valence-corrected chi connectivity index (χ2v) is 6.48. The SMILES string of the molecule is C=C(C)C(=O)SCCNCC(O)CN1CCN(CC)C(=O)C1=O. The third-order valence-corrected chi connectivity index (χ3v) is 4.47. The summed E-state index contributed by atoms with van der Waals surface area (Å²) in [6.45, 7) is 9.53. The van der Waals surface area contributed by atoms with Gasteiger partial charge in [-0.1, -0.05) is 18.3 Å². The molecule has 0 bridgehead atoms. The minimum Gasteiger partial charge on any atom is -0.390 e. The van der Waals surface area contributed by atoms with E-state index in [2.05, 4.69) is 11.9 Å². The van der Waals surface area contributed by atoms with E-state index < -0.39 is 17.9 Å². The number of piperazine rings is 1. The molecule has 1 atom stereocenters. The van der Waals surface area contributed by atoms with E-state index in [-0.39, 0.29) is 11.7 Å². The van der Waals surface area contributed by atoms with Crippen LogP contribution in [0.4, 0.5) is 0 Å². The molecule has 1 unspecified atom stereocenters. The summed E-state index contributed by atoms with van der Waals surface area (Å²) in [6, 6.07) is 0. The zero-order valence-electron chi connectivity index (χ0n) is 13.7. The van der Waals surface area contributed by atoms with Crippen molar-refractivity contribution in [2.45, 2.75) is 20.0 Å². The highest BCUT2D eigenvalue weighted by molar-refractivity contribution is 8.14. The minimum absolute atomic E-state index is 0.0368. The number of aliphatic hydroxyl groups excluding tert-OH is 1. The predicted octanol–water partition coefficient (Wildman–Crippen LogP) is -0.536. The van der Waals surface area contributed by atoms with Gasteiger partial charge in [-0.15, -0.1) is 0 Å². The Hall–Kier alpha value is -1.38. The number of hydrogen-bond donors (Lipinski definition) is 2. The average Bonchev–Trinajstić information content (AvgIpc) is 2.51. The number of carbonyl (C=O) groups excluding carboxylic acids is 3. The maximum atomic E-state index is 11.9. The number of thioether (sulfide) groups is 1. The van der Waals surface area contributed by atoms with E-state index in [4.69, 9.17) is 0 Å². The van der Waals surface area contributed by atoms with Gasteiger partial charge in [0.05, 0.1) is 6.10 Å². The monoisotopic (exact) mass is 343 g/mol. The fourth-order valence-electron chi connectivity index (χ4n) is 2.12. The maximum absolute atomic E-state index is 11.9. The van der Waals surface area contributed by atoms with Crippen LogP contribution < -0.4 is 5.32 Å². The van der Waals surface area contributed by atoms with Gasteiger partial charge in [-0.3, -0.25) is 14.4 Å². The Morgan fingerprint density at radius 1 is 1.35 bits per heavy atom. The number of aliphatic hydroxyl groups is 1. The van der Waals surface area contributed by atoms with Gasteiger partial charge in [-0.25, -0.2) is 0 Å². The first-order valence-electron chi connectivity index (χ1n) is 7.66. The number of β-amino-alcohol motifs (C(OH)–C–C–N with tert-alkyl or cyclic N) is 1. The molecule has 1 aliphatic heterocycles. The standard InChI is InChI=1S/C15H25N3O4S/c1-4-17-6-7-18(14(21)13(17)20)10-12(19)9-16-5-8-23-15(22)11(2)3/h12,16,19H,2,4-10H2,1,3H3. The van der Waals surface area contributed by atoms with Crippen molar-refractivity contribution in [2.24, 2.45) is 0 Å². The molecule has 2 N–H and O–H groups in total. The van der Waals surface area contributed by atoms with E-state index in [1.807, 2.05) is 6.92 Å². The van der Waals surface area contributed by atoms with Gasteiger partial charge in [0.25, 0.3) is 0 Å². The van der Waals surface area contributed by atoms with Crippen LogP contribution in [0.25, 0.3) is 0 Å². The Balaban J connectivity index is 2.23. The third kappa shape index (κ3) is 6.32. The van der Waals surface area contributed by atoms with Gasteiger partial charge in [-0.2, -0.15) is 0 Å². The summed E-state index contributed by atoms with van der Waals surface area (Å²) in [5.41, 5.74) is 0.518. The highest BCUT2D eigenvalue weighted by Gasteiger charge is 2.32. The van der Waals surface area contributed by atoms with E-state index in [9.17, 15) is 19.5 Å². The van der Waals surface area contributed by atoms with E-state index in [0.717, 1.165) is 0 Å². The van der Waals surface area contributed by atoms with Crippen LogP contribution in [-0.4, -0.2) is 83.0 Å². The van der Waals surface area contributed by atoms with Crippen molar-refractivity contribution in [1.82, 2.24) is 15.1 Å². The smallest absolute Gasteiger partial charge is 0.312 e. The average molecular weight is 343 g/mol. The fraction of sp³-hybridized carbons (Fsp3) is 0.667. The van der Waals surface area contributed by atoms with Crippen LogP contribution in [0, 0.1) is 0 Å². The van der Waals surface area contributed by atoms with E-state index in [1.165, 1.54) is 21.6 Å². The Bertz CT molecular complexity index is 470. The summed E-state index contributed by atoms with van der Waals surface area (Å²) in [4.78, 5) is 37.9.